The van der Waals surface area contributed by atoms with Crippen molar-refractivity contribution in [2.24, 2.45) is 5.92 Å². The molecule has 0 spiro atoms. The lowest BCUT2D eigenvalue weighted by molar-refractivity contribution is 0.0727. The van der Waals surface area contributed by atoms with Gasteiger partial charge >= 0.3 is 5.97 Å². The molecule has 1 aromatic heterocycles. The van der Waals surface area contributed by atoms with Gasteiger partial charge in [0.05, 0.1) is 30.3 Å². The predicted octanol–water partition coefficient (Wildman–Crippen LogP) is 7.86. The lowest BCUT2D eigenvalue weighted by Crippen LogP contribution is -2.09. The summed E-state index contributed by atoms with van der Waals surface area (Å²) in [6.07, 6.45) is 14.1. The number of hydrogen-bond acceptors (Lipinski definition) is 5. The first-order chi connectivity index (χ1) is 17.6. The third-order valence-electron chi connectivity index (χ3n) is 6.35. The normalized spacial score (nSPS) is 11.6. The van der Waals surface area contributed by atoms with E-state index < -0.39 is 5.97 Å². The molecule has 36 heavy (non-hydrogen) atoms. The molecule has 0 radical (unpaired) electrons. The third-order valence-corrected chi connectivity index (χ3v) is 6.35. The van der Waals surface area contributed by atoms with Gasteiger partial charge in [-0.05, 0) is 73.6 Å². The third kappa shape index (κ3) is 8.95. The highest BCUT2D eigenvalue weighted by Gasteiger charge is 2.10. The number of hydrogen-bond donors (Lipinski definition) is 0. The van der Waals surface area contributed by atoms with Gasteiger partial charge in [0.25, 0.3) is 0 Å². The summed E-state index contributed by atoms with van der Waals surface area (Å²) in [6, 6.07) is 15.3. The molecule has 3 rings (SSSR count). The second kappa shape index (κ2) is 14.8. The summed E-state index contributed by atoms with van der Waals surface area (Å²) >= 11 is 0. The molecule has 0 aliphatic carbocycles. The molecule has 0 saturated heterocycles. The minimum absolute atomic E-state index is 0.173. The second-order valence-electron chi connectivity index (χ2n) is 9.24. The zero-order chi connectivity index (χ0) is 25.6. The maximum absolute atomic E-state index is 12.4. The molecule has 5 heteroatoms. The van der Waals surface area contributed by atoms with Crippen LogP contribution in [0.4, 0.5) is 0 Å². The average molecular weight is 487 g/mol. The Morgan fingerprint density at radius 2 is 1.75 bits per heavy atom. The maximum Gasteiger partial charge on any atom is 0.344 e. The standard InChI is InChI=1S/C31H38N2O3/c1-4-6-8-12-25-13-15-27(16-14-25)31(34)36-30-23-32-29(22-33-30)26-17-19-28(20-18-26)35-21-10-7-9-11-24(3)5-2/h4,13-20,22-24H,1,5-12,21H2,2-3H3/t24-/m0/s1. The Hall–Kier alpha value is -3.47. The van der Waals surface area contributed by atoms with Crippen molar-refractivity contribution in [2.75, 3.05) is 6.61 Å². The first-order valence-corrected chi connectivity index (χ1v) is 13.1. The number of ether oxygens (including phenoxy) is 2. The van der Waals surface area contributed by atoms with Crippen molar-refractivity contribution in [3.05, 3.63) is 84.7 Å². The van der Waals surface area contributed by atoms with Gasteiger partial charge in [-0.2, -0.15) is 0 Å². The fourth-order valence-corrected chi connectivity index (χ4v) is 3.82. The fraction of sp³-hybridized carbons (Fsp3) is 0.387. The van der Waals surface area contributed by atoms with Crippen LogP contribution in [0, 0.1) is 5.92 Å². The van der Waals surface area contributed by atoms with Crippen molar-refractivity contribution >= 4 is 5.97 Å². The van der Waals surface area contributed by atoms with Gasteiger partial charge in [-0.3, -0.25) is 0 Å². The minimum atomic E-state index is -0.448. The van der Waals surface area contributed by atoms with Crippen molar-refractivity contribution in [2.45, 2.75) is 65.2 Å². The van der Waals surface area contributed by atoms with Crippen molar-refractivity contribution in [3.8, 4) is 22.9 Å². The van der Waals surface area contributed by atoms with Crippen molar-refractivity contribution in [1.29, 1.82) is 0 Å². The van der Waals surface area contributed by atoms with E-state index in [1.165, 1.54) is 37.4 Å². The lowest BCUT2D eigenvalue weighted by atomic mass is 10.0. The van der Waals surface area contributed by atoms with Crippen LogP contribution in [0.3, 0.4) is 0 Å². The topological polar surface area (TPSA) is 61.3 Å². The zero-order valence-corrected chi connectivity index (χ0v) is 21.6. The fourth-order valence-electron chi connectivity index (χ4n) is 3.82. The average Bonchev–Trinajstić information content (AvgIpc) is 2.92. The molecule has 2 aromatic carbocycles. The van der Waals surface area contributed by atoms with Gasteiger partial charge in [-0.25, -0.2) is 14.8 Å². The molecular weight excluding hydrogens is 448 g/mol. The number of nitrogens with zero attached hydrogens (tertiary/aromatic N) is 2. The lowest BCUT2D eigenvalue weighted by Gasteiger charge is -2.09. The van der Waals surface area contributed by atoms with E-state index in [1.807, 2.05) is 42.5 Å². The van der Waals surface area contributed by atoms with Crippen LogP contribution in [0.25, 0.3) is 11.3 Å². The monoisotopic (exact) mass is 486 g/mol. The summed E-state index contributed by atoms with van der Waals surface area (Å²) < 4.78 is 11.3. The van der Waals surface area contributed by atoms with Gasteiger partial charge in [0.1, 0.15) is 5.75 Å². The van der Waals surface area contributed by atoms with Crippen LogP contribution in [-0.2, 0) is 6.42 Å². The summed E-state index contributed by atoms with van der Waals surface area (Å²) in [5.74, 6) is 1.39. The number of allylic oxidation sites excluding steroid dienone is 1. The number of aryl methyl sites for hydroxylation is 1. The molecule has 0 unspecified atom stereocenters. The predicted molar refractivity (Wildman–Crippen MR) is 145 cm³/mol. The van der Waals surface area contributed by atoms with Crippen LogP contribution in [0.1, 0.15) is 74.7 Å². The van der Waals surface area contributed by atoms with Crippen LogP contribution < -0.4 is 9.47 Å². The number of unbranched alkanes of at least 4 members (excludes halogenated alkanes) is 3. The molecule has 3 aromatic rings. The number of aromatic nitrogens is 2. The summed E-state index contributed by atoms with van der Waals surface area (Å²) in [6.45, 7) is 9.04. The quantitative estimate of drug-likeness (QED) is 0.124. The number of rotatable bonds is 15. The van der Waals surface area contributed by atoms with Crippen molar-refractivity contribution in [1.82, 2.24) is 9.97 Å². The first-order valence-electron chi connectivity index (χ1n) is 13.1. The molecule has 1 atom stereocenters. The van der Waals surface area contributed by atoms with Crippen LogP contribution in [-0.4, -0.2) is 22.5 Å². The Kier molecular flexibility index (Phi) is 11.2. The molecule has 0 aliphatic rings. The molecule has 0 amide bonds. The first kappa shape index (κ1) is 27.1. The maximum atomic E-state index is 12.4. The Labute approximate surface area is 215 Å². The van der Waals surface area contributed by atoms with E-state index in [9.17, 15) is 4.79 Å². The van der Waals surface area contributed by atoms with E-state index >= 15 is 0 Å². The highest BCUT2D eigenvalue weighted by Crippen LogP contribution is 2.22. The van der Waals surface area contributed by atoms with E-state index in [-0.39, 0.29) is 5.88 Å². The molecule has 0 aliphatic heterocycles. The molecule has 0 bridgehead atoms. The zero-order valence-electron chi connectivity index (χ0n) is 21.6. The number of benzene rings is 2. The van der Waals surface area contributed by atoms with Gasteiger partial charge in [-0.1, -0.05) is 57.7 Å². The van der Waals surface area contributed by atoms with Crippen LogP contribution in [0.2, 0.25) is 0 Å². The smallest absolute Gasteiger partial charge is 0.344 e. The van der Waals surface area contributed by atoms with Crippen LogP contribution in [0.15, 0.2) is 73.6 Å². The summed E-state index contributed by atoms with van der Waals surface area (Å²) in [5.41, 5.74) is 3.30. The Balaban J connectivity index is 1.45. The van der Waals surface area contributed by atoms with Gasteiger partial charge in [-0.15, -0.1) is 6.58 Å². The van der Waals surface area contributed by atoms with Gasteiger partial charge in [0.2, 0.25) is 5.88 Å². The van der Waals surface area contributed by atoms with E-state index in [1.54, 1.807) is 18.3 Å². The van der Waals surface area contributed by atoms with Crippen molar-refractivity contribution < 1.29 is 14.3 Å². The molecule has 0 saturated carbocycles. The number of carbonyl (C=O) groups excluding carboxylic acids is 1. The van der Waals surface area contributed by atoms with E-state index in [0.717, 1.165) is 49.5 Å². The molecule has 0 fully saturated rings. The molecule has 1 heterocycles. The van der Waals surface area contributed by atoms with Gasteiger partial charge in [0.15, 0.2) is 0 Å². The van der Waals surface area contributed by atoms with E-state index in [4.69, 9.17) is 9.47 Å². The summed E-state index contributed by atoms with van der Waals surface area (Å²) in [5, 5.41) is 0. The number of carbonyl (C=O) groups is 1. The highest BCUT2D eigenvalue weighted by molar-refractivity contribution is 5.90. The second-order valence-corrected chi connectivity index (χ2v) is 9.24. The minimum Gasteiger partial charge on any atom is -0.494 e. The van der Waals surface area contributed by atoms with Crippen LogP contribution >= 0.6 is 0 Å². The van der Waals surface area contributed by atoms with Gasteiger partial charge in [0, 0.05) is 5.56 Å². The highest BCUT2D eigenvalue weighted by atomic mass is 16.5. The van der Waals surface area contributed by atoms with Crippen molar-refractivity contribution in [3.63, 3.8) is 0 Å². The molecular formula is C31H38N2O3. The van der Waals surface area contributed by atoms with E-state index in [2.05, 4.69) is 30.4 Å². The Bertz CT molecular complexity index is 1060. The van der Waals surface area contributed by atoms with Gasteiger partial charge < -0.3 is 9.47 Å². The van der Waals surface area contributed by atoms with Crippen LogP contribution in [0.5, 0.6) is 11.6 Å². The van der Waals surface area contributed by atoms with E-state index in [0.29, 0.717) is 11.3 Å². The Morgan fingerprint density at radius 1 is 0.972 bits per heavy atom. The SMILES string of the molecule is C=CCCCc1ccc(C(=O)Oc2cnc(-c3ccc(OCCCCC[C@@H](C)CC)cc3)cn2)cc1. The Morgan fingerprint density at radius 3 is 2.42 bits per heavy atom. The largest absolute Gasteiger partial charge is 0.494 e. The molecule has 5 nitrogen and oxygen atoms in total. The molecule has 190 valence electrons. The number of esters is 1. The summed E-state index contributed by atoms with van der Waals surface area (Å²) in [7, 11) is 0. The molecule has 0 N–H and O–H groups in total. The summed E-state index contributed by atoms with van der Waals surface area (Å²) in [4.78, 5) is 21.1.